The molecule has 0 unspecified atom stereocenters. The van der Waals surface area contributed by atoms with E-state index in [0.717, 1.165) is 55.4 Å². The van der Waals surface area contributed by atoms with Gasteiger partial charge in [-0.3, -0.25) is 4.79 Å². The molecule has 7 nitrogen and oxygen atoms in total. The Kier molecular flexibility index (Phi) is 19.6. The normalized spacial score (nSPS) is 13.0. The van der Waals surface area contributed by atoms with Gasteiger partial charge in [-0.1, -0.05) is 121 Å². The van der Waals surface area contributed by atoms with E-state index in [1.807, 2.05) is 36.4 Å². The second kappa shape index (κ2) is 25.0. The second-order valence-corrected chi connectivity index (χ2v) is 14.5. The zero-order valence-corrected chi connectivity index (χ0v) is 32.1. The predicted molar refractivity (Wildman–Crippen MR) is 212 cm³/mol. The predicted octanol–water partition coefficient (Wildman–Crippen LogP) is 12.1. The van der Waals surface area contributed by atoms with Crippen LogP contribution in [0.5, 0.6) is 11.5 Å². The number of esters is 3. The summed E-state index contributed by atoms with van der Waals surface area (Å²) in [6.45, 7) is 3.88. The molecule has 0 heterocycles. The van der Waals surface area contributed by atoms with Crippen molar-refractivity contribution in [3.05, 3.63) is 83.9 Å². The van der Waals surface area contributed by atoms with E-state index >= 15 is 0 Å². The lowest BCUT2D eigenvalue weighted by Crippen LogP contribution is -2.14. The zero-order valence-electron chi connectivity index (χ0n) is 32.1. The summed E-state index contributed by atoms with van der Waals surface area (Å²) in [5, 5.41) is 0. The molecule has 0 saturated heterocycles. The molecule has 0 N–H and O–H groups in total. The molecule has 1 fully saturated rings. The third kappa shape index (κ3) is 16.6. The molecule has 7 heteroatoms. The number of unbranched alkanes of at least 4 members (excludes halogenated alkanes) is 12. The lowest BCUT2D eigenvalue weighted by atomic mass is 9.87. The monoisotopic (exact) mass is 726 g/mol. The molecule has 1 saturated carbocycles. The van der Waals surface area contributed by atoms with Crippen LogP contribution in [0, 0.1) is 5.92 Å². The Morgan fingerprint density at radius 2 is 0.981 bits per heavy atom. The van der Waals surface area contributed by atoms with Crippen LogP contribution in [0.15, 0.2) is 72.8 Å². The topological polar surface area (TPSA) is 88.1 Å². The summed E-state index contributed by atoms with van der Waals surface area (Å²) < 4.78 is 22.3. The highest BCUT2D eigenvalue weighted by Gasteiger charge is 2.17. The van der Waals surface area contributed by atoms with Gasteiger partial charge in [-0.25, -0.2) is 9.59 Å². The second-order valence-electron chi connectivity index (χ2n) is 14.5. The van der Waals surface area contributed by atoms with Gasteiger partial charge in [-0.15, -0.1) is 0 Å². The van der Waals surface area contributed by atoms with Crippen molar-refractivity contribution in [1.82, 2.24) is 0 Å². The third-order valence-electron chi connectivity index (χ3n) is 10.1. The van der Waals surface area contributed by atoms with Gasteiger partial charge in [0.25, 0.3) is 0 Å². The molecule has 53 heavy (non-hydrogen) atoms. The molecule has 3 aromatic carbocycles. The van der Waals surface area contributed by atoms with E-state index in [2.05, 4.69) is 6.92 Å². The SMILES string of the molecule is CCCCCCCOC(=O)c1ccc(OC(=O)c2ccc(-c3ccc(OCCCCCCCCCCCOC(=O)CC4CCCCC4)cc3)cc2)cc1. The average Bonchev–Trinajstić information content (AvgIpc) is 3.19. The minimum atomic E-state index is -0.460. The highest BCUT2D eigenvalue weighted by molar-refractivity contribution is 5.92. The van der Waals surface area contributed by atoms with Crippen LogP contribution in [-0.4, -0.2) is 37.7 Å². The van der Waals surface area contributed by atoms with Gasteiger partial charge in [-0.2, -0.15) is 0 Å². The number of benzene rings is 3. The van der Waals surface area contributed by atoms with Crippen LogP contribution in [0.4, 0.5) is 0 Å². The number of hydrogen-bond donors (Lipinski definition) is 0. The van der Waals surface area contributed by atoms with Crippen molar-refractivity contribution in [2.75, 3.05) is 19.8 Å². The Bertz CT molecular complexity index is 1460. The molecular weight excluding hydrogens is 664 g/mol. The molecule has 1 aliphatic rings. The summed E-state index contributed by atoms with van der Waals surface area (Å²) in [6.07, 6.45) is 22.9. The summed E-state index contributed by atoms with van der Waals surface area (Å²) in [5.74, 6) is 0.966. The third-order valence-corrected chi connectivity index (χ3v) is 10.1. The first-order valence-electron chi connectivity index (χ1n) is 20.5. The van der Waals surface area contributed by atoms with Gasteiger partial charge in [0.15, 0.2) is 0 Å². The molecule has 0 spiro atoms. The Hall–Kier alpha value is -4.13. The molecular formula is C46H62O7. The fraction of sp³-hybridized carbons (Fsp3) is 0.543. The maximum atomic E-state index is 12.8. The summed E-state index contributed by atoms with van der Waals surface area (Å²) >= 11 is 0. The van der Waals surface area contributed by atoms with Gasteiger partial charge in [0.1, 0.15) is 11.5 Å². The fourth-order valence-electron chi connectivity index (χ4n) is 6.82. The minimum absolute atomic E-state index is 0.00689. The van der Waals surface area contributed by atoms with Crippen molar-refractivity contribution < 1.29 is 33.3 Å². The van der Waals surface area contributed by atoms with Gasteiger partial charge < -0.3 is 18.9 Å². The highest BCUT2D eigenvalue weighted by atomic mass is 16.5. The Morgan fingerprint density at radius 3 is 1.58 bits per heavy atom. The Morgan fingerprint density at radius 1 is 0.509 bits per heavy atom. The number of carbonyl (C=O) groups is 3. The molecule has 0 aromatic heterocycles. The molecule has 1 aliphatic carbocycles. The number of hydrogen-bond acceptors (Lipinski definition) is 7. The van der Waals surface area contributed by atoms with Crippen LogP contribution in [0.3, 0.4) is 0 Å². The summed E-state index contributed by atoms with van der Waals surface area (Å²) in [5.41, 5.74) is 2.91. The lowest BCUT2D eigenvalue weighted by molar-refractivity contribution is -0.145. The van der Waals surface area contributed by atoms with Gasteiger partial charge >= 0.3 is 17.9 Å². The first-order valence-corrected chi connectivity index (χ1v) is 20.5. The number of rotatable bonds is 25. The van der Waals surface area contributed by atoms with E-state index in [9.17, 15) is 14.4 Å². The molecule has 0 radical (unpaired) electrons. The van der Waals surface area contributed by atoms with Crippen molar-refractivity contribution in [2.45, 2.75) is 135 Å². The molecule has 4 rings (SSSR count). The first-order chi connectivity index (χ1) is 26.0. The van der Waals surface area contributed by atoms with E-state index in [-0.39, 0.29) is 11.9 Å². The Balaban J connectivity index is 1.02. The molecule has 0 aliphatic heterocycles. The summed E-state index contributed by atoms with van der Waals surface area (Å²) in [6, 6.07) is 21.8. The maximum absolute atomic E-state index is 12.8. The zero-order chi connectivity index (χ0) is 37.4. The standard InChI is InChI=1S/C46H62O7/c1-2-3-4-10-18-35-52-45(48)40-27-31-43(32-28-40)53-46(49)41-23-21-38(22-24-41)39-25-29-42(30-26-39)50-33-16-11-8-6-5-7-9-12-17-34-51-44(47)36-37-19-14-13-15-20-37/h21-32,37H,2-20,33-36H2,1H3. The van der Waals surface area contributed by atoms with E-state index in [1.54, 1.807) is 36.4 Å². The summed E-state index contributed by atoms with van der Waals surface area (Å²) in [4.78, 5) is 37.0. The van der Waals surface area contributed by atoms with E-state index in [1.165, 1.54) is 83.5 Å². The van der Waals surface area contributed by atoms with Gasteiger partial charge in [0.05, 0.1) is 30.9 Å². The maximum Gasteiger partial charge on any atom is 0.343 e. The molecule has 0 amide bonds. The summed E-state index contributed by atoms with van der Waals surface area (Å²) in [7, 11) is 0. The number of ether oxygens (including phenoxy) is 4. The van der Waals surface area contributed by atoms with Crippen molar-refractivity contribution in [3.8, 4) is 22.6 Å². The van der Waals surface area contributed by atoms with Crippen LogP contribution in [-0.2, 0) is 14.3 Å². The van der Waals surface area contributed by atoms with E-state index < -0.39 is 5.97 Å². The molecule has 288 valence electrons. The van der Waals surface area contributed by atoms with Gasteiger partial charge in [-0.05, 0) is 97.7 Å². The number of carbonyl (C=O) groups excluding carboxylic acids is 3. The average molecular weight is 727 g/mol. The van der Waals surface area contributed by atoms with Crippen LogP contribution in [0.2, 0.25) is 0 Å². The Labute approximate surface area is 318 Å². The van der Waals surface area contributed by atoms with Crippen LogP contribution in [0.25, 0.3) is 11.1 Å². The van der Waals surface area contributed by atoms with Crippen LogP contribution < -0.4 is 9.47 Å². The van der Waals surface area contributed by atoms with E-state index in [0.29, 0.717) is 49.0 Å². The van der Waals surface area contributed by atoms with Crippen molar-refractivity contribution >= 4 is 17.9 Å². The molecule has 0 atom stereocenters. The van der Waals surface area contributed by atoms with Gasteiger partial charge in [0, 0.05) is 6.42 Å². The van der Waals surface area contributed by atoms with Crippen molar-refractivity contribution in [1.29, 1.82) is 0 Å². The largest absolute Gasteiger partial charge is 0.494 e. The minimum Gasteiger partial charge on any atom is -0.494 e. The van der Waals surface area contributed by atoms with Gasteiger partial charge in [0.2, 0.25) is 0 Å². The van der Waals surface area contributed by atoms with E-state index in [4.69, 9.17) is 18.9 Å². The lowest BCUT2D eigenvalue weighted by Gasteiger charge is -2.20. The quantitative estimate of drug-likeness (QED) is 0.0488. The van der Waals surface area contributed by atoms with Crippen LogP contribution >= 0.6 is 0 Å². The van der Waals surface area contributed by atoms with Crippen molar-refractivity contribution in [3.63, 3.8) is 0 Å². The molecule has 3 aromatic rings. The van der Waals surface area contributed by atoms with Crippen molar-refractivity contribution in [2.24, 2.45) is 5.92 Å². The first kappa shape index (κ1) is 41.6. The fourth-order valence-corrected chi connectivity index (χ4v) is 6.82. The smallest absolute Gasteiger partial charge is 0.343 e. The molecule has 0 bridgehead atoms. The van der Waals surface area contributed by atoms with Crippen LogP contribution in [0.1, 0.15) is 156 Å². The highest BCUT2D eigenvalue weighted by Crippen LogP contribution is 2.27.